The molecule has 0 atom stereocenters. The number of nitrogens with one attached hydrogen (secondary N) is 1. The number of aromatic nitrogens is 2. The van der Waals surface area contributed by atoms with Gasteiger partial charge in [-0.1, -0.05) is 13.8 Å². The van der Waals surface area contributed by atoms with Gasteiger partial charge in [-0.25, -0.2) is 9.97 Å². The summed E-state index contributed by atoms with van der Waals surface area (Å²) in [7, 11) is 0. The van der Waals surface area contributed by atoms with Gasteiger partial charge in [0, 0.05) is 12.1 Å². The Kier molecular flexibility index (Phi) is 3.58. The van der Waals surface area contributed by atoms with E-state index in [0.29, 0.717) is 11.7 Å². The highest BCUT2D eigenvalue weighted by Crippen LogP contribution is 2.26. The van der Waals surface area contributed by atoms with Crippen LogP contribution < -0.4 is 11.1 Å². The van der Waals surface area contributed by atoms with Crippen molar-refractivity contribution in [2.45, 2.75) is 26.3 Å². The van der Waals surface area contributed by atoms with E-state index in [9.17, 15) is 0 Å². The third-order valence-corrected chi connectivity index (χ3v) is 3.26. The zero-order valence-corrected chi connectivity index (χ0v) is 10.8. The third-order valence-electron chi connectivity index (χ3n) is 2.53. The van der Waals surface area contributed by atoms with E-state index in [2.05, 4.69) is 46.0 Å². The minimum atomic E-state index is 0.307. The van der Waals surface area contributed by atoms with Gasteiger partial charge >= 0.3 is 0 Å². The Bertz CT molecular complexity index is 479. The normalized spacial score (nSPS) is 10.8. The average Bonchev–Trinajstić information content (AvgIpc) is 2.78. The fourth-order valence-corrected chi connectivity index (χ4v) is 2.37. The van der Waals surface area contributed by atoms with Gasteiger partial charge in [0.25, 0.3) is 0 Å². The number of nitrogens with two attached hydrogens (primary N) is 1. The molecule has 0 amide bonds. The minimum Gasteiger partial charge on any atom is -0.383 e. The summed E-state index contributed by atoms with van der Waals surface area (Å²) < 4.78 is 0. The molecule has 0 aliphatic heterocycles. The van der Waals surface area contributed by atoms with Crippen molar-refractivity contribution < 1.29 is 0 Å². The van der Waals surface area contributed by atoms with Crippen LogP contribution in [0.25, 0.3) is 0 Å². The van der Waals surface area contributed by atoms with Crippen LogP contribution in [0.2, 0.25) is 0 Å². The number of anilines is 2. The summed E-state index contributed by atoms with van der Waals surface area (Å²) in [6, 6.07) is 2.09. The highest BCUT2D eigenvalue weighted by molar-refractivity contribution is 7.07. The largest absolute Gasteiger partial charge is 0.383 e. The molecule has 0 aliphatic rings. The summed E-state index contributed by atoms with van der Waals surface area (Å²) in [6.45, 7) is 4.94. The van der Waals surface area contributed by atoms with E-state index in [1.807, 2.05) is 0 Å². The number of thiophene rings is 1. The van der Waals surface area contributed by atoms with Crippen molar-refractivity contribution >= 4 is 23.0 Å². The molecule has 2 aromatic heterocycles. The van der Waals surface area contributed by atoms with Crippen molar-refractivity contribution in [1.82, 2.24) is 9.97 Å². The molecule has 0 spiro atoms. The van der Waals surface area contributed by atoms with Gasteiger partial charge < -0.3 is 11.1 Å². The zero-order chi connectivity index (χ0) is 12.3. The van der Waals surface area contributed by atoms with Gasteiger partial charge in [0.15, 0.2) is 0 Å². The average molecular weight is 248 g/mol. The fourth-order valence-electron chi connectivity index (χ4n) is 1.70. The minimum absolute atomic E-state index is 0.307. The molecule has 0 radical (unpaired) electrons. The third kappa shape index (κ3) is 2.74. The van der Waals surface area contributed by atoms with Crippen LogP contribution in [0.15, 0.2) is 23.2 Å². The molecule has 0 saturated heterocycles. The first-order valence-electron chi connectivity index (χ1n) is 5.53. The van der Waals surface area contributed by atoms with Gasteiger partial charge in [-0.05, 0) is 28.3 Å². The Hall–Kier alpha value is -1.62. The van der Waals surface area contributed by atoms with Crippen LogP contribution >= 0.6 is 11.3 Å². The number of hydrogen-bond acceptors (Lipinski definition) is 5. The zero-order valence-electron chi connectivity index (χ0n) is 9.97. The topological polar surface area (TPSA) is 63.8 Å². The van der Waals surface area contributed by atoms with E-state index in [1.165, 1.54) is 11.9 Å². The SMILES string of the molecule is CC(C)c1c(N)ncnc1NCc1ccsc1. The van der Waals surface area contributed by atoms with E-state index >= 15 is 0 Å². The highest BCUT2D eigenvalue weighted by atomic mass is 32.1. The molecule has 0 aliphatic carbocycles. The lowest BCUT2D eigenvalue weighted by molar-refractivity contribution is 0.849. The first-order valence-corrected chi connectivity index (χ1v) is 6.48. The molecule has 90 valence electrons. The lowest BCUT2D eigenvalue weighted by atomic mass is 10.0. The summed E-state index contributed by atoms with van der Waals surface area (Å²) in [5.41, 5.74) is 8.12. The van der Waals surface area contributed by atoms with Crippen LogP contribution in [-0.2, 0) is 6.54 Å². The maximum absolute atomic E-state index is 5.88. The number of nitrogens with zero attached hydrogens (tertiary/aromatic N) is 2. The lowest BCUT2D eigenvalue weighted by Gasteiger charge is -2.14. The summed E-state index contributed by atoms with van der Waals surface area (Å²) >= 11 is 1.69. The molecule has 2 heterocycles. The quantitative estimate of drug-likeness (QED) is 0.873. The summed E-state index contributed by atoms with van der Waals surface area (Å²) in [5.74, 6) is 1.70. The van der Waals surface area contributed by atoms with Crippen molar-refractivity contribution in [2.24, 2.45) is 0 Å². The van der Waals surface area contributed by atoms with Crippen molar-refractivity contribution in [1.29, 1.82) is 0 Å². The standard InChI is InChI=1S/C12H16N4S/c1-8(2)10-11(13)15-7-16-12(10)14-5-9-3-4-17-6-9/h3-4,6-8H,5H2,1-2H3,(H3,13,14,15,16). The van der Waals surface area contributed by atoms with Crippen molar-refractivity contribution in [3.8, 4) is 0 Å². The molecule has 2 aromatic rings. The van der Waals surface area contributed by atoms with Gasteiger partial charge in [0.2, 0.25) is 0 Å². The second-order valence-corrected chi connectivity index (χ2v) is 4.94. The molecule has 0 aromatic carbocycles. The molecule has 17 heavy (non-hydrogen) atoms. The van der Waals surface area contributed by atoms with E-state index in [0.717, 1.165) is 17.9 Å². The Morgan fingerprint density at radius 3 is 2.88 bits per heavy atom. The second-order valence-electron chi connectivity index (χ2n) is 4.16. The smallest absolute Gasteiger partial charge is 0.135 e. The highest BCUT2D eigenvalue weighted by Gasteiger charge is 2.12. The first-order chi connectivity index (χ1) is 8.18. The van der Waals surface area contributed by atoms with E-state index < -0.39 is 0 Å². The van der Waals surface area contributed by atoms with Crippen LogP contribution in [0.4, 0.5) is 11.6 Å². The molecular formula is C12H16N4S. The van der Waals surface area contributed by atoms with Crippen LogP contribution in [0.1, 0.15) is 30.9 Å². The molecule has 0 fully saturated rings. The molecule has 0 bridgehead atoms. The van der Waals surface area contributed by atoms with Crippen molar-refractivity contribution in [2.75, 3.05) is 11.1 Å². The Balaban J connectivity index is 2.18. The van der Waals surface area contributed by atoms with Crippen molar-refractivity contribution in [3.63, 3.8) is 0 Å². The number of nitrogen functional groups attached to an aromatic ring is 1. The number of rotatable bonds is 4. The van der Waals surface area contributed by atoms with Gasteiger partial charge in [0.05, 0.1) is 0 Å². The van der Waals surface area contributed by atoms with Gasteiger partial charge in [-0.2, -0.15) is 11.3 Å². The van der Waals surface area contributed by atoms with E-state index in [4.69, 9.17) is 5.73 Å². The second kappa shape index (κ2) is 5.14. The van der Waals surface area contributed by atoms with Gasteiger partial charge in [-0.15, -0.1) is 0 Å². The fraction of sp³-hybridized carbons (Fsp3) is 0.333. The summed E-state index contributed by atoms with van der Waals surface area (Å²) in [6.07, 6.45) is 1.50. The molecule has 0 saturated carbocycles. The monoisotopic (exact) mass is 248 g/mol. The van der Waals surface area contributed by atoms with E-state index in [1.54, 1.807) is 11.3 Å². The Labute approximate surface area is 105 Å². The molecule has 2 rings (SSSR count). The van der Waals surface area contributed by atoms with Crippen LogP contribution in [0, 0.1) is 0 Å². The van der Waals surface area contributed by atoms with Crippen molar-refractivity contribution in [3.05, 3.63) is 34.3 Å². The molecular weight excluding hydrogens is 232 g/mol. The molecule has 5 heteroatoms. The summed E-state index contributed by atoms with van der Waals surface area (Å²) in [4.78, 5) is 8.30. The van der Waals surface area contributed by atoms with Crippen LogP contribution in [0.5, 0.6) is 0 Å². The molecule has 3 N–H and O–H groups in total. The summed E-state index contributed by atoms with van der Waals surface area (Å²) in [5, 5.41) is 7.50. The maximum atomic E-state index is 5.88. The first kappa shape index (κ1) is 11.9. The molecule has 4 nitrogen and oxygen atoms in total. The lowest BCUT2D eigenvalue weighted by Crippen LogP contribution is -2.09. The number of hydrogen-bond donors (Lipinski definition) is 2. The Morgan fingerprint density at radius 2 is 2.24 bits per heavy atom. The maximum Gasteiger partial charge on any atom is 0.135 e. The van der Waals surface area contributed by atoms with E-state index in [-0.39, 0.29) is 0 Å². The van der Waals surface area contributed by atoms with Crippen LogP contribution in [-0.4, -0.2) is 9.97 Å². The van der Waals surface area contributed by atoms with Crippen LogP contribution in [0.3, 0.4) is 0 Å². The molecule has 0 unspecified atom stereocenters. The predicted molar refractivity (Wildman–Crippen MR) is 72.2 cm³/mol. The van der Waals surface area contributed by atoms with Gasteiger partial charge in [0.1, 0.15) is 18.0 Å². The van der Waals surface area contributed by atoms with Gasteiger partial charge in [-0.3, -0.25) is 0 Å². The predicted octanol–water partition coefficient (Wildman–Crippen LogP) is 2.86. The Morgan fingerprint density at radius 1 is 1.41 bits per heavy atom.